The van der Waals surface area contributed by atoms with Crippen molar-refractivity contribution in [2.24, 2.45) is 0 Å². The van der Waals surface area contributed by atoms with Crippen LogP contribution in [0.4, 0.5) is 0 Å². The summed E-state index contributed by atoms with van der Waals surface area (Å²) in [6, 6.07) is 32.4. The van der Waals surface area contributed by atoms with Gasteiger partial charge in [0, 0.05) is 0 Å². The van der Waals surface area contributed by atoms with Crippen LogP contribution in [0, 0.1) is 0 Å². The molecule has 6 rings (SSSR count). The summed E-state index contributed by atoms with van der Waals surface area (Å²) in [6.45, 7) is 0.190. The number of benzene rings is 4. The lowest BCUT2D eigenvalue weighted by Crippen LogP contribution is -2.55. The second kappa shape index (κ2) is 5.12. The fraction of sp³-hybridized carbons (Fsp3) is 0. The summed E-state index contributed by atoms with van der Waals surface area (Å²) in [7, 11) is 0. The number of hydrogen-bond acceptors (Lipinski definition) is 1. The van der Waals surface area contributed by atoms with Crippen LogP contribution >= 0.6 is 0 Å². The molecule has 0 N–H and O–H groups in total. The van der Waals surface area contributed by atoms with E-state index in [4.69, 9.17) is 4.74 Å². The van der Waals surface area contributed by atoms with E-state index in [0.29, 0.717) is 0 Å². The molecule has 2 aliphatic rings. The monoisotopic (exact) mass is 330 g/mol. The fourth-order valence-corrected chi connectivity index (χ4v) is 4.52. The maximum atomic E-state index is 6.31. The van der Waals surface area contributed by atoms with Gasteiger partial charge in [-0.1, -0.05) is 84.3 Å². The van der Waals surface area contributed by atoms with Crippen LogP contribution in [-0.4, -0.2) is 6.71 Å². The van der Waals surface area contributed by atoms with Crippen molar-refractivity contribution in [1.82, 2.24) is 0 Å². The zero-order chi connectivity index (χ0) is 17.1. The Bertz CT molecular complexity index is 1180. The van der Waals surface area contributed by atoms with Gasteiger partial charge >= 0.3 is 0 Å². The van der Waals surface area contributed by atoms with Crippen LogP contribution in [0.25, 0.3) is 22.3 Å². The molecule has 0 saturated heterocycles. The van der Waals surface area contributed by atoms with Crippen molar-refractivity contribution >= 4 is 23.1 Å². The number of ether oxygens (including phenoxy) is 1. The van der Waals surface area contributed by atoms with Crippen molar-refractivity contribution in [1.29, 1.82) is 0 Å². The summed E-state index contributed by atoms with van der Waals surface area (Å²) >= 11 is 0. The summed E-state index contributed by atoms with van der Waals surface area (Å²) in [6.07, 6.45) is 0. The first-order valence-corrected chi connectivity index (χ1v) is 9.00. The van der Waals surface area contributed by atoms with Gasteiger partial charge in [-0.3, -0.25) is 0 Å². The van der Waals surface area contributed by atoms with E-state index in [1.54, 1.807) is 0 Å². The molecule has 0 bridgehead atoms. The normalized spacial score (nSPS) is 12.8. The average molecular weight is 330 g/mol. The van der Waals surface area contributed by atoms with Gasteiger partial charge < -0.3 is 4.74 Å². The Morgan fingerprint density at radius 3 is 1.88 bits per heavy atom. The molecule has 0 spiro atoms. The highest BCUT2D eigenvalue weighted by Crippen LogP contribution is 2.37. The van der Waals surface area contributed by atoms with Crippen molar-refractivity contribution in [3.05, 3.63) is 91.0 Å². The second-order valence-corrected chi connectivity index (χ2v) is 6.92. The lowest BCUT2D eigenvalue weighted by atomic mass is 9.35. The molecule has 4 aromatic rings. The van der Waals surface area contributed by atoms with E-state index in [9.17, 15) is 0 Å². The van der Waals surface area contributed by atoms with Gasteiger partial charge in [-0.25, -0.2) is 0 Å². The van der Waals surface area contributed by atoms with Gasteiger partial charge in [0.05, 0.1) is 0 Å². The summed E-state index contributed by atoms with van der Waals surface area (Å²) in [5, 5.41) is 0. The van der Waals surface area contributed by atoms with Gasteiger partial charge in [-0.2, -0.15) is 0 Å². The Kier molecular flexibility index (Phi) is 2.75. The minimum atomic E-state index is 0.190. The van der Waals surface area contributed by atoms with E-state index in [1.807, 2.05) is 6.07 Å². The van der Waals surface area contributed by atoms with Crippen LogP contribution < -0.4 is 21.1 Å². The molecule has 26 heavy (non-hydrogen) atoms. The molecule has 4 aromatic carbocycles. The van der Waals surface area contributed by atoms with Crippen LogP contribution in [0.2, 0.25) is 0 Å². The zero-order valence-corrected chi connectivity index (χ0v) is 14.1. The summed E-state index contributed by atoms with van der Waals surface area (Å²) < 4.78 is 6.31. The lowest BCUT2D eigenvalue weighted by Gasteiger charge is -2.28. The van der Waals surface area contributed by atoms with E-state index in [-0.39, 0.29) is 6.71 Å². The molecule has 0 aliphatic carbocycles. The maximum Gasteiger partial charge on any atom is 0.252 e. The summed E-state index contributed by atoms with van der Waals surface area (Å²) in [5.74, 6) is 1.93. The molecule has 120 valence electrons. The maximum absolute atomic E-state index is 6.31. The molecule has 1 nitrogen and oxygen atoms in total. The summed E-state index contributed by atoms with van der Waals surface area (Å²) in [4.78, 5) is 0. The molecule has 0 unspecified atom stereocenters. The van der Waals surface area contributed by atoms with E-state index < -0.39 is 0 Å². The highest BCUT2D eigenvalue weighted by molar-refractivity contribution is 6.98. The SMILES string of the molecule is c1ccc2c(c1)Oc1cccc3c1B2c1ccccc1-c1ccccc1-3. The van der Waals surface area contributed by atoms with Crippen LogP contribution in [0.1, 0.15) is 0 Å². The number of rotatable bonds is 0. The van der Waals surface area contributed by atoms with Gasteiger partial charge in [0.25, 0.3) is 6.71 Å². The standard InChI is InChI=1S/C24H15BO/c1-2-9-17-16(8-1)18-10-3-4-12-20(18)25-21-13-5-6-14-22(21)26-23-15-7-11-19(17)24(23)25/h1-15H. The third kappa shape index (κ3) is 1.76. The first-order chi connectivity index (χ1) is 12.9. The Morgan fingerprint density at radius 1 is 0.462 bits per heavy atom. The molecular weight excluding hydrogens is 315 g/mol. The Hall–Kier alpha value is -3.26. The van der Waals surface area contributed by atoms with E-state index in [1.165, 1.54) is 38.6 Å². The third-order valence-corrected chi connectivity index (χ3v) is 5.58. The van der Waals surface area contributed by atoms with Crippen molar-refractivity contribution in [3.8, 4) is 33.8 Å². The minimum Gasteiger partial charge on any atom is -0.458 e. The molecule has 0 aromatic heterocycles. The predicted octanol–water partition coefficient (Wildman–Crippen LogP) is 3.96. The zero-order valence-electron chi connectivity index (χ0n) is 14.1. The Morgan fingerprint density at radius 2 is 1.04 bits per heavy atom. The molecule has 0 saturated carbocycles. The van der Waals surface area contributed by atoms with Gasteiger partial charge in [-0.05, 0) is 45.3 Å². The largest absolute Gasteiger partial charge is 0.458 e. The number of hydrogen-bond donors (Lipinski definition) is 0. The van der Waals surface area contributed by atoms with Crippen LogP contribution in [-0.2, 0) is 0 Å². The molecule has 0 fully saturated rings. The van der Waals surface area contributed by atoms with E-state index in [0.717, 1.165) is 11.5 Å². The predicted molar refractivity (Wildman–Crippen MR) is 108 cm³/mol. The number of fused-ring (bicyclic) bond motifs is 7. The molecule has 0 radical (unpaired) electrons. The molecular formula is C24H15BO. The van der Waals surface area contributed by atoms with E-state index >= 15 is 0 Å². The molecule has 2 aliphatic heterocycles. The Labute approximate surface area is 153 Å². The quantitative estimate of drug-likeness (QED) is 0.383. The highest BCUT2D eigenvalue weighted by atomic mass is 16.5. The van der Waals surface area contributed by atoms with Crippen molar-refractivity contribution in [2.45, 2.75) is 0 Å². The van der Waals surface area contributed by atoms with Crippen LogP contribution in [0.3, 0.4) is 0 Å². The van der Waals surface area contributed by atoms with Gasteiger partial charge in [0.15, 0.2) is 0 Å². The smallest absolute Gasteiger partial charge is 0.252 e. The van der Waals surface area contributed by atoms with Gasteiger partial charge in [0.2, 0.25) is 0 Å². The lowest BCUT2D eigenvalue weighted by molar-refractivity contribution is 0.487. The van der Waals surface area contributed by atoms with E-state index in [2.05, 4.69) is 84.9 Å². The fourth-order valence-electron chi connectivity index (χ4n) is 4.52. The topological polar surface area (TPSA) is 9.23 Å². The first kappa shape index (κ1) is 14.0. The summed E-state index contributed by atoms with van der Waals surface area (Å²) in [5.41, 5.74) is 9.03. The minimum absolute atomic E-state index is 0.190. The molecule has 2 heteroatoms. The van der Waals surface area contributed by atoms with Crippen LogP contribution in [0.15, 0.2) is 91.0 Å². The molecule has 2 heterocycles. The molecule has 0 atom stereocenters. The Balaban J connectivity index is 1.82. The van der Waals surface area contributed by atoms with Crippen molar-refractivity contribution < 1.29 is 4.74 Å². The van der Waals surface area contributed by atoms with Crippen molar-refractivity contribution in [2.75, 3.05) is 0 Å². The van der Waals surface area contributed by atoms with Crippen LogP contribution in [0.5, 0.6) is 11.5 Å². The van der Waals surface area contributed by atoms with Gasteiger partial charge in [-0.15, -0.1) is 0 Å². The molecule has 0 amide bonds. The second-order valence-electron chi connectivity index (χ2n) is 6.92. The van der Waals surface area contributed by atoms with Crippen molar-refractivity contribution in [3.63, 3.8) is 0 Å². The highest BCUT2D eigenvalue weighted by Gasteiger charge is 2.37. The average Bonchev–Trinajstić information content (AvgIpc) is 2.83. The van der Waals surface area contributed by atoms with Gasteiger partial charge in [0.1, 0.15) is 11.5 Å². The third-order valence-electron chi connectivity index (χ3n) is 5.58. The first-order valence-electron chi connectivity index (χ1n) is 9.00. The number of para-hydroxylation sites is 1.